The van der Waals surface area contributed by atoms with E-state index in [1.807, 2.05) is 0 Å². The average molecular weight is 365 g/mol. The summed E-state index contributed by atoms with van der Waals surface area (Å²) in [7, 11) is 0. The maximum Gasteiger partial charge on any atom is 0.340 e. The van der Waals surface area contributed by atoms with Crippen molar-refractivity contribution in [2.75, 3.05) is 5.73 Å². The van der Waals surface area contributed by atoms with Gasteiger partial charge in [0.15, 0.2) is 0 Å². The molecule has 0 unspecified atom stereocenters. The van der Waals surface area contributed by atoms with Gasteiger partial charge >= 0.3 is 5.97 Å². The zero-order valence-electron chi connectivity index (χ0n) is 10.5. The summed E-state index contributed by atoms with van der Waals surface area (Å²) in [5, 5.41) is 1.22. The van der Waals surface area contributed by atoms with Gasteiger partial charge in [-0.25, -0.2) is 4.79 Å². The van der Waals surface area contributed by atoms with E-state index in [0.29, 0.717) is 21.3 Å². The Kier molecular flexibility index (Phi) is 5.22. The van der Waals surface area contributed by atoms with E-state index in [4.69, 9.17) is 56.9 Å². The van der Waals surface area contributed by atoms with Gasteiger partial charge in [-0.3, -0.25) is 0 Å². The fourth-order valence-electron chi connectivity index (χ4n) is 1.63. The molecule has 0 saturated carbocycles. The zero-order chi connectivity index (χ0) is 15.6. The number of anilines is 1. The molecule has 0 bridgehead atoms. The van der Waals surface area contributed by atoms with Crippen LogP contribution >= 0.6 is 46.4 Å². The van der Waals surface area contributed by atoms with E-state index in [2.05, 4.69) is 0 Å². The molecule has 2 rings (SSSR count). The number of esters is 1. The highest BCUT2D eigenvalue weighted by Gasteiger charge is 2.16. The normalized spacial score (nSPS) is 10.5. The smallest absolute Gasteiger partial charge is 0.340 e. The maximum atomic E-state index is 12.0. The minimum atomic E-state index is -0.648. The highest BCUT2D eigenvalue weighted by molar-refractivity contribution is 6.44. The molecule has 7 heteroatoms. The third-order valence-corrected chi connectivity index (χ3v) is 4.04. The lowest BCUT2D eigenvalue weighted by atomic mass is 10.2. The molecule has 0 amide bonds. The largest absolute Gasteiger partial charge is 0.457 e. The highest BCUT2D eigenvalue weighted by Crippen LogP contribution is 2.29. The monoisotopic (exact) mass is 363 g/mol. The molecule has 3 nitrogen and oxygen atoms in total. The number of hydrogen-bond acceptors (Lipinski definition) is 3. The van der Waals surface area contributed by atoms with Gasteiger partial charge in [0, 0.05) is 21.3 Å². The van der Waals surface area contributed by atoms with Gasteiger partial charge < -0.3 is 10.5 Å². The zero-order valence-corrected chi connectivity index (χ0v) is 13.5. The molecular weight excluding hydrogens is 356 g/mol. The Hall–Kier alpha value is -1.13. The van der Waals surface area contributed by atoms with E-state index >= 15 is 0 Å². The summed E-state index contributed by atoms with van der Waals surface area (Å²) in [6.07, 6.45) is 0. The van der Waals surface area contributed by atoms with Gasteiger partial charge in [0.2, 0.25) is 0 Å². The Morgan fingerprint density at radius 2 is 1.76 bits per heavy atom. The van der Waals surface area contributed by atoms with Gasteiger partial charge in [0.1, 0.15) is 6.61 Å². The van der Waals surface area contributed by atoms with Crippen molar-refractivity contribution in [2.24, 2.45) is 0 Å². The summed E-state index contributed by atoms with van der Waals surface area (Å²) in [5.74, 6) is -0.648. The first kappa shape index (κ1) is 16.2. The molecule has 0 aromatic heterocycles. The summed E-state index contributed by atoms with van der Waals surface area (Å²) >= 11 is 23.7. The Labute approximate surface area is 141 Å². The number of benzene rings is 2. The second kappa shape index (κ2) is 6.75. The Morgan fingerprint density at radius 3 is 2.48 bits per heavy atom. The number of halogens is 4. The van der Waals surface area contributed by atoms with E-state index < -0.39 is 5.97 Å². The topological polar surface area (TPSA) is 52.3 Å². The first-order valence-electron chi connectivity index (χ1n) is 5.74. The second-order valence-corrected chi connectivity index (χ2v) is 5.80. The number of rotatable bonds is 3. The van der Waals surface area contributed by atoms with Gasteiger partial charge in [-0.15, -0.1) is 0 Å². The van der Waals surface area contributed by atoms with Crippen molar-refractivity contribution in [3.63, 3.8) is 0 Å². The van der Waals surface area contributed by atoms with E-state index in [-0.39, 0.29) is 22.2 Å². The number of carbonyl (C=O) groups is 1. The molecule has 2 aromatic rings. The van der Waals surface area contributed by atoms with Crippen LogP contribution in [0.3, 0.4) is 0 Å². The molecule has 0 fully saturated rings. The number of nitrogen functional groups attached to an aromatic ring is 1. The molecule has 21 heavy (non-hydrogen) atoms. The van der Waals surface area contributed by atoms with Crippen LogP contribution in [0.15, 0.2) is 30.3 Å². The van der Waals surface area contributed by atoms with Crippen LogP contribution in [0.2, 0.25) is 20.1 Å². The van der Waals surface area contributed by atoms with Gasteiger partial charge in [0.05, 0.1) is 15.6 Å². The first-order valence-corrected chi connectivity index (χ1v) is 7.25. The molecular formula is C14H9Cl4NO2. The number of ether oxygens (including phenoxy) is 1. The van der Waals surface area contributed by atoms with Crippen molar-refractivity contribution in [3.05, 3.63) is 61.5 Å². The Morgan fingerprint density at radius 1 is 1.05 bits per heavy atom. The molecule has 2 N–H and O–H groups in total. The molecule has 110 valence electrons. The summed E-state index contributed by atoms with van der Waals surface area (Å²) in [4.78, 5) is 12.0. The summed E-state index contributed by atoms with van der Waals surface area (Å²) in [6, 6.07) is 7.73. The van der Waals surface area contributed by atoms with Crippen molar-refractivity contribution >= 4 is 58.1 Å². The van der Waals surface area contributed by atoms with Gasteiger partial charge in [0.25, 0.3) is 0 Å². The van der Waals surface area contributed by atoms with Crippen LogP contribution in [0.25, 0.3) is 0 Å². The van der Waals surface area contributed by atoms with Crippen molar-refractivity contribution in [3.8, 4) is 0 Å². The summed E-state index contributed by atoms with van der Waals surface area (Å²) in [5.41, 5.74) is 6.63. The minimum Gasteiger partial charge on any atom is -0.457 e. The van der Waals surface area contributed by atoms with Crippen molar-refractivity contribution < 1.29 is 9.53 Å². The predicted octanol–water partition coefficient (Wildman–Crippen LogP) is 5.24. The summed E-state index contributed by atoms with van der Waals surface area (Å²) < 4.78 is 5.16. The fourth-order valence-corrected chi connectivity index (χ4v) is 2.41. The van der Waals surface area contributed by atoms with Gasteiger partial charge in [-0.05, 0) is 30.3 Å². The first-order chi connectivity index (χ1) is 9.88. The molecule has 0 saturated heterocycles. The maximum absolute atomic E-state index is 12.0. The van der Waals surface area contributed by atoms with Crippen LogP contribution in [-0.4, -0.2) is 5.97 Å². The average Bonchev–Trinajstić information content (AvgIpc) is 2.43. The third kappa shape index (κ3) is 3.95. The molecule has 0 aliphatic heterocycles. The fraction of sp³-hybridized carbons (Fsp3) is 0.0714. The quantitative estimate of drug-likeness (QED) is 0.598. The third-order valence-electron chi connectivity index (χ3n) is 2.64. The van der Waals surface area contributed by atoms with E-state index in [9.17, 15) is 4.79 Å². The molecule has 0 radical (unpaired) electrons. The van der Waals surface area contributed by atoms with E-state index in [1.54, 1.807) is 18.2 Å². The van der Waals surface area contributed by atoms with Crippen LogP contribution < -0.4 is 5.73 Å². The lowest BCUT2D eigenvalue weighted by molar-refractivity contribution is 0.0473. The highest BCUT2D eigenvalue weighted by atomic mass is 35.5. The molecule has 0 aliphatic rings. The van der Waals surface area contributed by atoms with Crippen molar-refractivity contribution in [2.45, 2.75) is 6.61 Å². The Bertz CT molecular complexity index is 704. The molecule has 0 aliphatic carbocycles. The lowest BCUT2D eigenvalue weighted by Gasteiger charge is -2.09. The van der Waals surface area contributed by atoms with Crippen molar-refractivity contribution in [1.82, 2.24) is 0 Å². The standard InChI is InChI=1S/C14H9Cl4NO2/c15-8-1-2-11(16)7(3-8)6-21-14(20)10-4-9(19)5-12(17)13(10)18/h1-5H,6,19H2. The van der Waals surface area contributed by atoms with E-state index in [1.165, 1.54) is 12.1 Å². The van der Waals surface area contributed by atoms with Crippen LogP contribution in [0.4, 0.5) is 5.69 Å². The lowest BCUT2D eigenvalue weighted by Crippen LogP contribution is -2.07. The van der Waals surface area contributed by atoms with Crippen molar-refractivity contribution in [1.29, 1.82) is 0 Å². The number of carbonyl (C=O) groups excluding carboxylic acids is 1. The molecule has 0 heterocycles. The summed E-state index contributed by atoms with van der Waals surface area (Å²) in [6.45, 7) is -0.0407. The molecule has 0 spiro atoms. The van der Waals surface area contributed by atoms with Crippen LogP contribution in [0.1, 0.15) is 15.9 Å². The Balaban J connectivity index is 2.17. The SMILES string of the molecule is Nc1cc(Cl)c(Cl)c(C(=O)OCc2cc(Cl)ccc2Cl)c1. The minimum absolute atomic E-state index is 0.0407. The molecule has 2 aromatic carbocycles. The van der Waals surface area contributed by atoms with Crippen LogP contribution in [0, 0.1) is 0 Å². The number of nitrogens with two attached hydrogens (primary N) is 1. The van der Waals surface area contributed by atoms with Crippen LogP contribution in [-0.2, 0) is 11.3 Å². The van der Waals surface area contributed by atoms with E-state index in [0.717, 1.165) is 0 Å². The van der Waals surface area contributed by atoms with Gasteiger partial charge in [-0.1, -0.05) is 46.4 Å². The number of hydrogen-bond donors (Lipinski definition) is 1. The van der Waals surface area contributed by atoms with Crippen LogP contribution in [0.5, 0.6) is 0 Å². The molecule has 0 atom stereocenters. The second-order valence-electron chi connectivity index (χ2n) is 4.18. The predicted molar refractivity (Wildman–Crippen MR) is 86.5 cm³/mol. The van der Waals surface area contributed by atoms with Gasteiger partial charge in [-0.2, -0.15) is 0 Å².